The van der Waals surface area contributed by atoms with E-state index in [-0.39, 0.29) is 17.1 Å². The molecule has 0 aromatic heterocycles. The number of ether oxygens (including phenoxy) is 3. The maximum Gasteiger partial charge on any atom is 0.334 e. The third kappa shape index (κ3) is 4.70. The average molecular weight is 420 g/mol. The van der Waals surface area contributed by atoms with E-state index in [2.05, 4.69) is 6.58 Å². The summed E-state index contributed by atoms with van der Waals surface area (Å²) in [5.41, 5.74) is -1.95. The van der Waals surface area contributed by atoms with E-state index in [1.54, 1.807) is 13.0 Å². The molecule has 1 fully saturated rings. The van der Waals surface area contributed by atoms with Crippen molar-refractivity contribution in [3.05, 3.63) is 36.0 Å². The van der Waals surface area contributed by atoms with Crippen molar-refractivity contribution in [1.82, 2.24) is 0 Å². The Kier molecular flexibility index (Phi) is 7.02. The van der Waals surface area contributed by atoms with Crippen LogP contribution in [-0.4, -0.2) is 52.7 Å². The molecule has 0 spiro atoms. The molecule has 164 valence electrons. The highest BCUT2D eigenvalue weighted by molar-refractivity contribution is 5.98. The minimum atomic E-state index is -2.23. The van der Waals surface area contributed by atoms with Crippen molar-refractivity contribution >= 4 is 23.7 Å². The van der Waals surface area contributed by atoms with E-state index in [0.717, 1.165) is 6.92 Å². The quantitative estimate of drug-likeness (QED) is 0.417. The topological polar surface area (TPSA) is 116 Å². The fraction of sp³-hybridized carbons (Fsp3) is 0.545. The third-order valence-corrected chi connectivity index (χ3v) is 5.50. The number of ketones is 1. The molecule has 0 aromatic carbocycles. The first-order valence-electron chi connectivity index (χ1n) is 9.76. The number of rotatable bonds is 3. The summed E-state index contributed by atoms with van der Waals surface area (Å²) in [4.78, 5) is 49.5. The van der Waals surface area contributed by atoms with Crippen LogP contribution in [0.15, 0.2) is 36.0 Å². The lowest BCUT2D eigenvalue weighted by Gasteiger charge is -2.39. The van der Waals surface area contributed by atoms with Crippen molar-refractivity contribution in [2.24, 2.45) is 11.8 Å². The molecule has 0 radical (unpaired) electrons. The summed E-state index contributed by atoms with van der Waals surface area (Å²) < 4.78 is 16.4. The number of esters is 3. The second kappa shape index (κ2) is 8.95. The van der Waals surface area contributed by atoms with Gasteiger partial charge in [-0.05, 0) is 39.2 Å². The molecular formula is C22H28O8. The maximum absolute atomic E-state index is 12.7. The van der Waals surface area contributed by atoms with Crippen molar-refractivity contribution in [2.45, 2.75) is 65.0 Å². The van der Waals surface area contributed by atoms with Crippen molar-refractivity contribution < 1.29 is 38.5 Å². The van der Waals surface area contributed by atoms with E-state index >= 15 is 0 Å². The predicted octanol–water partition coefficient (Wildman–Crippen LogP) is 1.81. The molecule has 1 N–H and O–H groups in total. The molecule has 6 atom stereocenters. The number of aliphatic hydroxyl groups is 1. The van der Waals surface area contributed by atoms with Crippen LogP contribution in [0.1, 0.15) is 41.0 Å². The number of hydrogen-bond acceptors (Lipinski definition) is 8. The highest BCUT2D eigenvalue weighted by Gasteiger charge is 2.55. The first-order valence-corrected chi connectivity index (χ1v) is 9.76. The highest BCUT2D eigenvalue weighted by atomic mass is 16.6. The third-order valence-electron chi connectivity index (χ3n) is 5.50. The standard InChI is InChI=1S/C22H28O8/c1-7-12(3)20(25)30-18-17-13(4)21(26)29-15(17)10-11(2)8-9-16(24)22(6,27)19(18)28-14(5)23/h7-9,11,15,17-19,27H,4,10H2,1-3,5-6H3/b9-8-,12-7+/t11-,15+,17-,18-,19?,22-/m0/s1. The van der Waals surface area contributed by atoms with Gasteiger partial charge in [0.2, 0.25) is 0 Å². The molecule has 1 aliphatic carbocycles. The molecule has 0 saturated carbocycles. The second-order valence-corrected chi connectivity index (χ2v) is 7.95. The van der Waals surface area contributed by atoms with Crippen LogP contribution in [0, 0.1) is 11.8 Å². The molecule has 0 aromatic rings. The van der Waals surface area contributed by atoms with E-state index < -0.39 is 53.5 Å². The minimum Gasteiger partial charge on any atom is -0.458 e. The summed E-state index contributed by atoms with van der Waals surface area (Å²) >= 11 is 0. The van der Waals surface area contributed by atoms with Crippen LogP contribution in [0.3, 0.4) is 0 Å². The average Bonchev–Trinajstić information content (AvgIpc) is 2.94. The van der Waals surface area contributed by atoms with Crippen LogP contribution in [0.2, 0.25) is 0 Å². The lowest BCUT2D eigenvalue weighted by atomic mass is 9.77. The Morgan fingerprint density at radius 1 is 1.30 bits per heavy atom. The van der Waals surface area contributed by atoms with Gasteiger partial charge in [0.15, 0.2) is 23.6 Å². The van der Waals surface area contributed by atoms with Gasteiger partial charge >= 0.3 is 17.9 Å². The zero-order chi connectivity index (χ0) is 22.8. The molecule has 2 aliphatic rings. The van der Waals surface area contributed by atoms with Crippen molar-refractivity contribution in [2.75, 3.05) is 0 Å². The first kappa shape index (κ1) is 23.5. The van der Waals surface area contributed by atoms with Gasteiger partial charge in [-0.2, -0.15) is 0 Å². The van der Waals surface area contributed by atoms with Gasteiger partial charge in [-0.1, -0.05) is 25.7 Å². The largest absolute Gasteiger partial charge is 0.458 e. The number of carbonyl (C=O) groups is 4. The number of hydrogen-bond donors (Lipinski definition) is 1. The molecule has 2 rings (SSSR count). The van der Waals surface area contributed by atoms with Crippen LogP contribution in [0.25, 0.3) is 0 Å². The Hall–Kier alpha value is -2.74. The summed E-state index contributed by atoms with van der Waals surface area (Å²) in [5.74, 6) is -4.03. The summed E-state index contributed by atoms with van der Waals surface area (Å²) in [6, 6.07) is 0. The van der Waals surface area contributed by atoms with Gasteiger partial charge in [0.25, 0.3) is 0 Å². The zero-order valence-corrected chi connectivity index (χ0v) is 17.8. The first-order chi connectivity index (χ1) is 13.9. The lowest BCUT2D eigenvalue weighted by Crippen LogP contribution is -2.58. The molecule has 1 saturated heterocycles. The molecular weight excluding hydrogens is 392 g/mol. The zero-order valence-electron chi connectivity index (χ0n) is 17.8. The van der Waals surface area contributed by atoms with Crippen molar-refractivity contribution in [3.63, 3.8) is 0 Å². The monoisotopic (exact) mass is 420 g/mol. The van der Waals surface area contributed by atoms with Crippen LogP contribution in [-0.2, 0) is 33.4 Å². The molecule has 30 heavy (non-hydrogen) atoms. The summed E-state index contributed by atoms with van der Waals surface area (Å²) in [6.07, 6.45) is 0.930. The van der Waals surface area contributed by atoms with Crippen LogP contribution >= 0.6 is 0 Å². The van der Waals surface area contributed by atoms with E-state index in [4.69, 9.17) is 14.2 Å². The Balaban J connectivity index is 2.68. The van der Waals surface area contributed by atoms with Crippen LogP contribution < -0.4 is 0 Å². The van der Waals surface area contributed by atoms with E-state index in [9.17, 15) is 24.3 Å². The van der Waals surface area contributed by atoms with E-state index in [1.165, 1.54) is 26.0 Å². The smallest absolute Gasteiger partial charge is 0.334 e. The number of fused-ring (bicyclic) bond motifs is 1. The van der Waals surface area contributed by atoms with E-state index in [1.807, 2.05) is 6.92 Å². The molecule has 1 heterocycles. The number of carbonyl (C=O) groups excluding carboxylic acids is 4. The maximum atomic E-state index is 12.7. The predicted molar refractivity (Wildman–Crippen MR) is 106 cm³/mol. The molecule has 8 nitrogen and oxygen atoms in total. The van der Waals surface area contributed by atoms with Gasteiger partial charge in [-0.3, -0.25) is 9.59 Å². The Labute approximate surface area is 175 Å². The summed E-state index contributed by atoms with van der Waals surface area (Å²) in [5, 5.41) is 11.1. The normalized spacial score (nSPS) is 35.9. The fourth-order valence-corrected chi connectivity index (χ4v) is 3.60. The Morgan fingerprint density at radius 2 is 1.93 bits per heavy atom. The summed E-state index contributed by atoms with van der Waals surface area (Å²) in [6.45, 7) is 11.0. The molecule has 1 unspecified atom stereocenters. The lowest BCUT2D eigenvalue weighted by molar-refractivity contribution is -0.194. The summed E-state index contributed by atoms with van der Waals surface area (Å²) in [7, 11) is 0. The fourth-order valence-electron chi connectivity index (χ4n) is 3.60. The van der Waals surface area contributed by atoms with Crippen LogP contribution in [0.4, 0.5) is 0 Å². The SMILES string of the molecule is C=C1C(=O)O[C@@H]2C[C@@H](C)/C=C\C(=O)[C@](C)(O)C(OC(C)=O)[C@@H](OC(=O)/C(C)=C/C)[C@@H]12. The van der Waals surface area contributed by atoms with Gasteiger partial charge < -0.3 is 19.3 Å². The second-order valence-electron chi connectivity index (χ2n) is 7.95. The molecule has 1 aliphatic heterocycles. The Morgan fingerprint density at radius 3 is 2.50 bits per heavy atom. The van der Waals surface area contributed by atoms with Gasteiger partial charge in [-0.25, -0.2) is 9.59 Å². The highest BCUT2D eigenvalue weighted by Crippen LogP contribution is 2.40. The van der Waals surface area contributed by atoms with Gasteiger partial charge in [0.05, 0.1) is 5.92 Å². The molecule has 0 amide bonds. The van der Waals surface area contributed by atoms with Crippen molar-refractivity contribution in [1.29, 1.82) is 0 Å². The molecule has 0 bridgehead atoms. The van der Waals surface area contributed by atoms with Gasteiger partial charge in [-0.15, -0.1) is 0 Å². The van der Waals surface area contributed by atoms with Crippen LogP contribution in [0.5, 0.6) is 0 Å². The number of allylic oxidation sites excluding steroid dienone is 2. The van der Waals surface area contributed by atoms with Gasteiger partial charge in [0, 0.05) is 18.1 Å². The van der Waals surface area contributed by atoms with Gasteiger partial charge in [0.1, 0.15) is 6.10 Å². The van der Waals surface area contributed by atoms with E-state index in [0.29, 0.717) is 6.42 Å². The minimum absolute atomic E-state index is 0.0214. The van der Waals surface area contributed by atoms with Crippen molar-refractivity contribution in [3.8, 4) is 0 Å². The Bertz CT molecular complexity index is 819. The molecule has 8 heteroatoms.